The Morgan fingerprint density at radius 1 is 1.19 bits per heavy atom. The second-order valence-corrected chi connectivity index (χ2v) is 4.40. The van der Waals surface area contributed by atoms with Crippen LogP contribution in [-0.2, 0) is 0 Å². The van der Waals surface area contributed by atoms with Gasteiger partial charge in [0.15, 0.2) is 0 Å². The van der Waals surface area contributed by atoms with E-state index in [9.17, 15) is 0 Å². The maximum atomic E-state index is 3.78. The van der Waals surface area contributed by atoms with Crippen LogP contribution in [0.4, 0.5) is 5.69 Å². The molecule has 1 aromatic rings. The van der Waals surface area contributed by atoms with Crippen molar-refractivity contribution >= 4 is 5.69 Å². The van der Waals surface area contributed by atoms with E-state index in [0.29, 0.717) is 12.1 Å². The molecule has 0 aliphatic heterocycles. The Morgan fingerprint density at radius 2 is 1.75 bits per heavy atom. The SMILES string of the molecule is C=CC(C)NC(C)c1ccc(N(C)C)cc1. The number of nitrogens with one attached hydrogen (secondary N) is 1. The van der Waals surface area contributed by atoms with Crippen molar-refractivity contribution in [3.8, 4) is 0 Å². The first-order valence-corrected chi connectivity index (χ1v) is 5.70. The van der Waals surface area contributed by atoms with Crippen LogP contribution in [0.3, 0.4) is 0 Å². The van der Waals surface area contributed by atoms with E-state index in [2.05, 4.69) is 69.0 Å². The molecule has 0 bridgehead atoms. The molecule has 2 nitrogen and oxygen atoms in total. The minimum atomic E-state index is 0.337. The number of nitrogens with zero attached hydrogens (tertiary/aromatic N) is 1. The molecule has 2 heteroatoms. The van der Waals surface area contributed by atoms with Crippen molar-refractivity contribution in [1.82, 2.24) is 5.32 Å². The van der Waals surface area contributed by atoms with Gasteiger partial charge in [-0.2, -0.15) is 0 Å². The third-order valence-corrected chi connectivity index (χ3v) is 2.78. The lowest BCUT2D eigenvalue weighted by Crippen LogP contribution is -2.26. The van der Waals surface area contributed by atoms with Gasteiger partial charge >= 0.3 is 0 Å². The molecule has 2 atom stereocenters. The summed E-state index contributed by atoms with van der Waals surface area (Å²) in [6, 6.07) is 9.32. The topological polar surface area (TPSA) is 15.3 Å². The number of anilines is 1. The van der Waals surface area contributed by atoms with Crippen molar-refractivity contribution in [3.63, 3.8) is 0 Å². The lowest BCUT2D eigenvalue weighted by molar-refractivity contribution is 0.537. The number of benzene rings is 1. The minimum Gasteiger partial charge on any atom is -0.378 e. The molecule has 1 N–H and O–H groups in total. The Bertz CT molecular complexity index is 327. The molecule has 0 amide bonds. The fraction of sp³-hybridized carbons (Fsp3) is 0.429. The monoisotopic (exact) mass is 218 g/mol. The fourth-order valence-corrected chi connectivity index (χ4v) is 1.62. The maximum Gasteiger partial charge on any atom is 0.0361 e. The van der Waals surface area contributed by atoms with Crippen LogP contribution in [0.5, 0.6) is 0 Å². The highest BCUT2D eigenvalue weighted by atomic mass is 15.1. The van der Waals surface area contributed by atoms with Crippen LogP contribution in [0.25, 0.3) is 0 Å². The molecule has 0 heterocycles. The number of hydrogen-bond acceptors (Lipinski definition) is 2. The molecule has 2 unspecified atom stereocenters. The lowest BCUT2D eigenvalue weighted by Gasteiger charge is -2.19. The summed E-state index contributed by atoms with van der Waals surface area (Å²) < 4.78 is 0. The van der Waals surface area contributed by atoms with Crippen LogP contribution in [0.15, 0.2) is 36.9 Å². The highest BCUT2D eigenvalue weighted by Crippen LogP contribution is 2.17. The third kappa shape index (κ3) is 3.38. The average Bonchev–Trinajstić information content (AvgIpc) is 2.28. The zero-order chi connectivity index (χ0) is 12.1. The molecule has 88 valence electrons. The van der Waals surface area contributed by atoms with Crippen LogP contribution >= 0.6 is 0 Å². The van der Waals surface area contributed by atoms with Gasteiger partial charge in [-0.3, -0.25) is 0 Å². The molecule has 0 saturated carbocycles. The standard InChI is InChI=1S/C14H22N2/c1-6-11(2)15-12(3)13-7-9-14(10-8-13)16(4)5/h6-12,15H,1H2,2-5H3. The second-order valence-electron chi connectivity index (χ2n) is 4.40. The highest BCUT2D eigenvalue weighted by molar-refractivity contribution is 5.46. The first-order valence-electron chi connectivity index (χ1n) is 5.70. The van der Waals surface area contributed by atoms with Gasteiger partial charge in [0.25, 0.3) is 0 Å². The van der Waals surface area contributed by atoms with Crippen LogP contribution in [0, 0.1) is 0 Å². The van der Waals surface area contributed by atoms with Crippen molar-refractivity contribution in [2.45, 2.75) is 25.9 Å². The third-order valence-electron chi connectivity index (χ3n) is 2.78. The summed E-state index contributed by atoms with van der Waals surface area (Å²) in [5, 5.41) is 3.46. The zero-order valence-electron chi connectivity index (χ0n) is 10.7. The number of rotatable bonds is 5. The Morgan fingerprint density at radius 3 is 2.19 bits per heavy atom. The molecule has 0 spiro atoms. The zero-order valence-corrected chi connectivity index (χ0v) is 10.7. The van der Waals surface area contributed by atoms with Gasteiger partial charge in [0.2, 0.25) is 0 Å². The molecule has 0 aliphatic carbocycles. The molecule has 1 aromatic carbocycles. The summed E-state index contributed by atoms with van der Waals surface area (Å²) in [6.45, 7) is 8.06. The summed E-state index contributed by atoms with van der Waals surface area (Å²) in [5.41, 5.74) is 2.53. The van der Waals surface area contributed by atoms with Crippen molar-refractivity contribution in [1.29, 1.82) is 0 Å². The number of hydrogen-bond donors (Lipinski definition) is 1. The van der Waals surface area contributed by atoms with E-state index in [1.807, 2.05) is 6.08 Å². The lowest BCUT2D eigenvalue weighted by atomic mass is 10.1. The summed E-state index contributed by atoms with van der Waals surface area (Å²) in [5.74, 6) is 0. The molecule has 0 saturated heterocycles. The maximum absolute atomic E-state index is 3.78. The van der Waals surface area contributed by atoms with Gasteiger partial charge in [-0.15, -0.1) is 6.58 Å². The largest absolute Gasteiger partial charge is 0.378 e. The van der Waals surface area contributed by atoms with Gasteiger partial charge in [-0.25, -0.2) is 0 Å². The van der Waals surface area contributed by atoms with Crippen LogP contribution in [0.1, 0.15) is 25.5 Å². The molecule has 0 aliphatic rings. The van der Waals surface area contributed by atoms with E-state index >= 15 is 0 Å². The summed E-state index contributed by atoms with van der Waals surface area (Å²) in [6.07, 6.45) is 1.92. The minimum absolute atomic E-state index is 0.337. The Balaban J connectivity index is 2.69. The molecular formula is C14H22N2. The second kappa shape index (κ2) is 5.71. The van der Waals surface area contributed by atoms with Gasteiger partial charge in [0.05, 0.1) is 0 Å². The van der Waals surface area contributed by atoms with Gasteiger partial charge in [0.1, 0.15) is 0 Å². The van der Waals surface area contributed by atoms with Crippen LogP contribution in [0.2, 0.25) is 0 Å². The van der Waals surface area contributed by atoms with Gasteiger partial charge in [-0.05, 0) is 31.5 Å². The van der Waals surface area contributed by atoms with E-state index < -0.39 is 0 Å². The molecular weight excluding hydrogens is 196 g/mol. The van der Waals surface area contributed by atoms with E-state index in [4.69, 9.17) is 0 Å². The van der Waals surface area contributed by atoms with Crippen molar-refractivity contribution < 1.29 is 0 Å². The van der Waals surface area contributed by atoms with Crippen molar-refractivity contribution in [2.75, 3.05) is 19.0 Å². The predicted octanol–water partition coefficient (Wildman–Crippen LogP) is 2.98. The normalized spacial score (nSPS) is 14.2. The molecule has 16 heavy (non-hydrogen) atoms. The first-order chi connectivity index (χ1) is 7.54. The van der Waals surface area contributed by atoms with Gasteiger partial charge in [-0.1, -0.05) is 18.2 Å². The Labute approximate surface area is 99.0 Å². The predicted molar refractivity (Wildman–Crippen MR) is 72.0 cm³/mol. The first kappa shape index (κ1) is 12.8. The van der Waals surface area contributed by atoms with E-state index in [0.717, 1.165) is 0 Å². The van der Waals surface area contributed by atoms with E-state index in [1.54, 1.807) is 0 Å². The van der Waals surface area contributed by atoms with Gasteiger partial charge < -0.3 is 10.2 Å². The molecule has 0 aromatic heterocycles. The Hall–Kier alpha value is -1.28. The highest BCUT2D eigenvalue weighted by Gasteiger charge is 2.07. The summed E-state index contributed by atoms with van der Waals surface area (Å²) in [4.78, 5) is 2.11. The smallest absolute Gasteiger partial charge is 0.0361 e. The summed E-state index contributed by atoms with van der Waals surface area (Å²) >= 11 is 0. The fourth-order valence-electron chi connectivity index (χ4n) is 1.62. The van der Waals surface area contributed by atoms with Crippen molar-refractivity contribution in [2.24, 2.45) is 0 Å². The van der Waals surface area contributed by atoms with Crippen LogP contribution < -0.4 is 10.2 Å². The molecule has 0 radical (unpaired) electrons. The molecule has 1 rings (SSSR count). The quantitative estimate of drug-likeness (QED) is 0.764. The summed E-state index contributed by atoms with van der Waals surface area (Å²) in [7, 11) is 4.10. The molecule has 0 fully saturated rings. The van der Waals surface area contributed by atoms with Crippen LogP contribution in [-0.4, -0.2) is 20.1 Å². The average molecular weight is 218 g/mol. The van der Waals surface area contributed by atoms with Gasteiger partial charge in [0, 0.05) is 31.9 Å². The van der Waals surface area contributed by atoms with Crippen molar-refractivity contribution in [3.05, 3.63) is 42.5 Å². The van der Waals surface area contributed by atoms with E-state index in [-0.39, 0.29) is 0 Å². The van der Waals surface area contributed by atoms with E-state index in [1.165, 1.54) is 11.3 Å². The Kier molecular flexibility index (Phi) is 4.56.